The highest BCUT2D eigenvalue weighted by atomic mass is 16.2. The predicted octanol–water partition coefficient (Wildman–Crippen LogP) is 2.17. The lowest BCUT2D eigenvalue weighted by atomic mass is 10.0. The van der Waals surface area contributed by atoms with Gasteiger partial charge >= 0.3 is 0 Å². The van der Waals surface area contributed by atoms with E-state index < -0.39 is 0 Å². The normalized spacial score (nSPS) is 10.4. The zero-order chi connectivity index (χ0) is 14.2. The van der Waals surface area contributed by atoms with Gasteiger partial charge in [0.1, 0.15) is 5.69 Å². The Hall–Kier alpha value is -2.56. The molecule has 5 nitrogen and oxygen atoms in total. The minimum atomic E-state index is -0.337. The average molecular weight is 256 g/mol. The summed E-state index contributed by atoms with van der Waals surface area (Å²) in [5.74, 6) is -0.625. The van der Waals surface area contributed by atoms with Gasteiger partial charge in [0.2, 0.25) is 0 Å². The average Bonchev–Trinajstić information content (AvgIpc) is 2.79. The number of carbonyl (C=O) groups excluding carboxylic acids is 1. The molecular weight excluding hydrogens is 240 g/mol. The molecule has 2 rings (SSSR count). The molecule has 0 radical (unpaired) electrons. The van der Waals surface area contributed by atoms with Gasteiger partial charge in [-0.1, -0.05) is 24.3 Å². The number of hydrogen-bond acceptors (Lipinski definition) is 2. The Balaban J connectivity index is 2.53. The molecule has 0 saturated carbocycles. The molecule has 0 fully saturated rings. The van der Waals surface area contributed by atoms with Crippen molar-refractivity contribution in [1.29, 1.82) is 5.41 Å². The molecule has 1 aromatic heterocycles. The second kappa shape index (κ2) is 4.61. The lowest BCUT2D eigenvalue weighted by Crippen LogP contribution is -2.38. The van der Waals surface area contributed by atoms with Gasteiger partial charge in [0, 0.05) is 18.0 Å². The lowest BCUT2D eigenvalue weighted by molar-refractivity contribution is 0.0864. The van der Waals surface area contributed by atoms with E-state index in [1.165, 1.54) is 7.05 Å². The molecule has 0 atom stereocenters. The number of benzene rings is 1. The summed E-state index contributed by atoms with van der Waals surface area (Å²) in [4.78, 5) is 16.2. The van der Waals surface area contributed by atoms with Gasteiger partial charge < -0.3 is 10.7 Å². The van der Waals surface area contributed by atoms with E-state index in [0.29, 0.717) is 5.69 Å². The Labute approximate surface area is 111 Å². The topological polar surface area (TPSA) is 86.0 Å². The van der Waals surface area contributed by atoms with Gasteiger partial charge in [-0.3, -0.25) is 15.1 Å². The zero-order valence-electron chi connectivity index (χ0n) is 10.9. The highest BCUT2D eigenvalue weighted by molar-refractivity contribution is 6.06. The molecule has 19 heavy (non-hydrogen) atoms. The van der Waals surface area contributed by atoms with Crippen LogP contribution >= 0.6 is 0 Å². The van der Waals surface area contributed by atoms with Crippen LogP contribution in [0.25, 0.3) is 16.5 Å². The number of guanidine groups is 1. The Morgan fingerprint density at radius 3 is 2.74 bits per heavy atom. The van der Waals surface area contributed by atoms with E-state index in [-0.39, 0.29) is 11.9 Å². The smallest absolute Gasteiger partial charge is 0.276 e. The van der Waals surface area contributed by atoms with Crippen LogP contribution in [0.1, 0.15) is 23.0 Å². The number of nitrogens with zero attached hydrogens (tertiary/aromatic N) is 1. The largest absolute Gasteiger partial charge is 0.370 e. The number of allylic oxidation sites excluding steroid dienone is 1. The van der Waals surface area contributed by atoms with Crippen LogP contribution in [0.4, 0.5) is 0 Å². The molecule has 4 N–H and O–H groups in total. The zero-order valence-corrected chi connectivity index (χ0v) is 10.9. The van der Waals surface area contributed by atoms with Crippen LogP contribution in [-0.2, 0) is 0 Å². The molecule has 2 aromatic rings. The minimum Gasteiger partial charge on any atom is -0.370 e. The van der Waals surface area contributed by atoms with Gasteiger partial charge in [0.25, 0.3) is 5.91 Å². The van der Waals surface area contributed by atoms with Gasteiger partial charge in [0.15, 0.2) is 5.96 Å². The van der Waals surface area contributed by atoms with Crippen LogP contribution in [0.5, 0.6) is 0 Å². The predicted molar refractivity (Wildman–Crippen MR) is 77.0 cm³/mol. The third-order valence-corrected chi connectivity index (χ3v) is 3.02. The minimum absolute atomic E-state index is 0.288. The maximum atomic E-state index is 12.1. The van der Waals surface area contributed by atoms with Gasteiger partial charge in [-0.15, -0.1) is 0 Å². The summed E-state index contributed by atoms with van der Waals surface area (Å²) < 4.78 is 0. The number of fused-ring (bicyclic) bond motifs is 1. The number of aromatic nitrogens is 1. The van der Waals surface area contributed by atoms with Crippen LogP contribution in [0.3, 0.4) is 0 Å². The Morgan fingerprint density at radius 1 is 1.47 bits per heavy atom. The Morgan fingerprint density at radius 2 is 2.16 bits per heavy atom. The van der Waals surface area contributed by atoms with Gasteiger partial charge in [-0.2, -0.15) is 0 Å². The summed E-state index contributed by atoms with van der Waals surface area (Å²) >= 11 is 0. The molecule has 0 unspecified atom stereocenters. The standard InChI is InChI=1S/C14H16N4O/c1-8(2)9-5-4-6-11-10(9)7-12(17-11)13(19)18(3)14(15)16/h4-7,17H,1H2,2-3H3,(H3,15,16). The highest BCUT2D eigenvalue weighted by Gasteiger charge is 2.17. The molecule has 1 amide bonds. The first-order chi connectivity index (χ1) is 8.91. The third-order valence-electron chi connectivity index (χ3n) is 3.02. The number of aromatic amines is 1. The summed E-state index contributed by atoms with van der Waals surface area (Å²) in [5, 5.41) is 8.22. The molecular formula is C14H16N4O. The van der Waals surface area contributed by atoms with Crippen molar-refractivity contribution in [3.05, 3.63) is 42.1 Å². The molecule has 0 spiro atoms. The van der Waals surface area contributed by atoms with Gasteiger partial charge in [0.05, 0.1) is 0 Å². The third kappa shape index (κ3) is 2.22. The first-order valence-electron chi connectivity index (χ1n) is 5.81. The van der Waals surface area contributed by atoms with E-state index in [4.69, 9.17) is 11.1 Å². The monoisotopic (exact) mass is 256 g/mol. The second-order valence-electron chi connectivity index (χ2n) is 4.48. The number of H-pyrrole nitrogens is 1. The van der Waals surface area contributed by atoms with Crippen molar-refractivity contribution in [3.8, 4) is 0 Å². The lowest BCUT2D eigenvalue weighted by Gasteiger charge is -2.12. The van der Waals surface area contributed by atoms with E-state index >= 15 is 0 Å². The number of nitrogens with two attached hydrogens (primary N) is 1. The SMILES string of the molecule is C=C(C)c1cccc2[nH]c(C(=O)N(C)C(=N)N)cc12. The summed E-state index contributed by atoms with van der Waals surface area (Å²) in [6.45, 7) is 5.85. The Kier molecular flexibility index (Phi) is 3.12. The number of rotatable bonds is 2. The molecule has 98 valence electrons. The van der Waals surface area contributed by atoms with E-state index in [9.17, 15) is 4.79 Å². The fourth-order valence-corrected chi connectivity index (χ4v) is 1.93. The van der Waals surface area contributed by atoms with Crippen LogP contribution < -0.4 is 5.73 Å². The quantitative estimate of drug-likeness (QED) is 0.568. The summed E-state index contributed by atoms with van der Waals surface area (Å²) in [5.41, 5.74) is 8.51. The number of hydrogen-bond donors (Lipinski definition) is 3. The summed E-state index contributed by atoms with van der Waals surface area (Å²) in [6.07, 6.45) is 0. The molecule has 1 heterocycles. The molecule has 0 aliphatic heterocycles. The molecule has 0 bridgehead atoms. The van der Waals surface area contributed by atoms with Crippen LogP contribution in [0.2, 0.25) is 0 Å². The fraction of sp³-hybridized carbons (Fsp3) is 0.143. The Bertz CT molecular complexity index is 684. The van der Waals surface area contributed by atoms with E-state index in [1.807, 2.05) is 25.1 Å². The van der Waals surface area contributed by atoms with Crippen molar-refractivity contribution in [2.24, 2.45) is 5.73 Å². The molecule has 0 aliphatic carbocycles. The number of carbonyl (C=O) groups is 1. The molecule has 0 aliphatic rings. The number of amides is 1. The summed E-state index contributed by atoms with van der Waals surface area (Å²) in [7, 11) is 1.47. The van der Waals surface area contributed by atoms with Crippen LogP contribution in [0, 0.1) is 5.41 Å². The first kappa shape index (κ1) is 12.9. The number of nitrogens with one attached hydrogen (secondary N) is 2. The van der Waals surface area contributed by atoms with E-state index in [2.05, 4.69) is 11.6 Å². The van der Waals surface area contributed by atoms with Crippen LogP contribution in [0.15, 0.2) is 30.8 Å². The fourth-order valence-electron chi connectivity index (χ4n) is 1.93. The maximum absolute atomic E-state index is 12.1. The van der Waals surface area contributed by atoms with Crippen molar-refractivity contribution in [2.45, 2.75) is 6.92 Å². The van der Waals surface area contributed by atoms with E-state index in [1.54, 1.807) is 6.07 Å². The van der Waals surface area contributed by atoms with Crippen molar-refractivity contribution < 1.29 is 4.79 Å². The maximum Gasteiger partial charge on any atom is 0.276 e. The van der Waals surface area contributed by atoms with Crippen molar-refractivity contribution >= 4 is 28.3 Å². The molecule has 1 aromatic carbocycles. The van der Waals surface area contributed by atoms with Gasteiger partial charge in [-0.25, -0.2) is 0 Å². The second-order valence-corrected chi connectivity index (χ2v) is 4.48. The van der Waals surface area contributed by atoms with Crippen LogP contribution in [-0.4, -0.2) is 28.8 Å². The van der Waals surface area contributed by atoms with E-state index in [0.717, 1.165) is 26.9 Å². The molecule has 5 heteroatoms. The van der Waals surface area contributed by atoms with Crippen molar-refractivity contribution in [1.82, 2.24) is 9.88 Å². The highest BCUT2D eigenvalue weighted by Crippen LogP contribution is 2.25. The molecule has 0 saturated heterocycles. The first-order valence-corrected chi connectivity index (χ1v) is 5.81. The van der Waals surface area contributed by atoms with Gasteiger partial charge in [-0.05, 0) is 24.6 Å². The van der Waals surface area contributed by atoms with Crippen molar-refractivity contribution in [2.75, 3.05) is 7.05 Å². The summed E-state index contributed by atoms with van der Waals surface area (Å²) in [6, 6.07) is 7.53. The van der Waals surface area contributed by atoms with Crippen molar-refractivity contribution in [3.63, 3.8) is 0 Å².